The Morgan fingerprint density at radius 2 is 1.42 bits per heavy atom. The maximum absolute atomic E-state index is 4.62. The molecule has 1 aromatic carbocycles. The molecule has 1 aromatic rings. The summed E-state index contributed by atoms with van der Waals surface area (Å²) in [5.41, 5.74) is 2.65. The van der Waals surface area contributed by atoms with Crippen molar-refractivity contribution in [1.82, 2.24) is 20.4 Å². The number of nitrogens with zero attached hydrogens (tertiary/aromatic N) is 3. The Hall–Kier alpha value is -1.59. The van der Waals surface area contributed by atoms with E-state index in [1.807, 2.05) is 0 Å². The van der Waals surface area contributed by atoms with Crippen LogP contribution in [-0.2, 0) is 13.1 Å². The minimum atomic E-state index is 0.713. The number of hydrogen-bond acceptors (Lipinski definition) is 3. The van der Waals surface area contributed by atoms with Gasteiger partial charge >= 0.3 is 0 Å². The first-order valence-corrected chi connectivity index (χ1v) is 9.29. The molecule has 0 bridgehead atoms. The lowest BCUT2D eigenvalue weighted by Gasteiger charge is -2.34. The molecule has 0 saturated carbocycles. The molecule has 0 aromatic heterocycles. The molecule has 2 rings (SSSR count). The van der Waals surface area contributed by atoms with Gasteiger partial charge in [0.1, 0.15) is 0 Å². The molecule has 1 fully saturated rings. The van der Waals surface area contributed by atoms with Gasteiger partial charge < -0.3 is 15.5 Å². The van der Waals surface area contributed by atoms with Crippen molar-refractivity contribution in [3.63, 3.8) is 0 Å². The molecule has 0 radical (unpaired) electrons. The van der Waals surface area contributed by atoms with E-state index in [2.05, 4.69) is 70.5 Å². The van der Waals surface area contributed by atoms with Crippen LogP contribution in [0.1, 0.15) is 31.9 Å². The third-order valence-electron chi connectivity index (χ3n) is 4.45. The van der Waals surface area contributed by atoms with Crippen molar-refractivity contribution in [3.8, 4) is 0 Å². The lowest BCUT2D eigenvalue weighted by molar-refractivity contribution is 0.132. The van der Waals surface area contributed by atoms with Gasteiger partial charge in [0.2, 0.25) is 0 Å². The predicted octanol–water partition coefficient (Wildman–Crippen LogP) is 1.90. The minimum Gasteiger partial charge on any atom is -0.357 e. The van der Waals surface area contributed by atoms with Crippen LogP contribution in [0.25, 0.3) is 0 Å². The zero-order chi connectivity index (χ0) is 17.2. The summed E-state index contributed by atoms with van der Waals surface area (Å²) in [5, 5.41) is 6.51. The molecule has 1 heterocycles. The fraction of sp³-hybridized carbons (Fsp3) is 0.632. The van der Waals surface area contributed by atoms with E-state index in [-0.39, 0.29) is 0 Å². The number of likely N-dealkylation sites (N-methyl/N-ethyl adjacent to an activating group) is 1. The quantitative estimate of drug-likeness (QED) is 0.592. The van der Waals surface area contributed by atoms with Gasteiger partial charge in [0, 0.05) is 45.8 Å². The smallest absolute Gasteiger partial charge is 0.191 e. The van der Waals surface area contributed by atoms with E-state index in [4.69, 9.17) is 0 Å². The Morgan fingerprint density at radius 1 is 0.875 bits per heavy atom. The molecule has 2 N–H and O–H groups in total. The Labute approximate surface area is 147 Å². The topological polar surface area (TPSA) is 42.9 Å². The second-order valence-corrected chi connectivity index (χ2v) is 6.25. The summed E-state index contributed by atoms with van der Waals surface area (Å²) in [6.45, 7) is 15.9. The van der Waals surface area contributed by atoms with Crippen molar-refractivity contribution in [2.24, 2.45) is 4.99 Å². The molecule has 5 nitrogen and oxygen atoms in total. The van der Waals surface area contributed by atoms with Crippen molar-refractivity contribution in [1.29, 1.82) is 0 Å². The summed E-state index contributed by atoms with van der Waals surface area (Å²) in [4.78, 5) is 9.68. The molecule has 24 heavy (non-hydrogen) atoms. The van der Waals surface area contributed by atoms with E-state index in [0.717, 1.165) is 25.6 Å². The van der Waals surface area contributed by atoms with E-state index < -0.39 is 0 Å². The summed E-state index contributed by atoms with van der Waals surface area (Å²) >= 11 is 0. The standard InChI is InChI=1S/C19H33N5/c1-4-20-19(21-5-2)22-15-17-7-9-18(10-8-17)16-24-13-11-23(6-3)12-14-24/h7-10H,4-6,11-16H2,1-3H3,(H2,20,21,22). The van der Waals surface area contributed by atoms with Crippen LogP contribution in [-0.4, -0.2) is 61.6 Å². The molecule has 0 atom stereocenters. The van der Waals surface area contributed by atoms with Crippen LogP contribution in [0.2, 0.25) is 0 Å². The molecule has 0 aliphatic carbocycles. The monoisotopic (exact) mass is 331 g/mol. The van der Waals surface area contributed by atoms with Gasteiger partial charge in [-0.1, -0.05) is 31.2 Å². The third-order valence-corrected chi connectivity index (χ3v) is 4.45. The molecular weight excluding hydrogens is 298 g/mol. The van der Waals surface area contributed by atoms with Gasteiger partial charge in [-0.3, -0.25) is 4.90 Å². The number of guanidine groups is 1. The van der Waals surface area contributed by atoms with Gasteiger partial charge in [-0.15, -0.1) is 0 Å². The maximum atomic E-state index is 4.62. The van der Waals surface area contributed by atoms with Gasteiger partial charge in [-0.2, -0.15) is 0 Å². The molecular formula is C19H33N5. The predicted molar refractivity (Wildman–Crippen MR) is 102 cm³/mol. The Morgan fingerprint density at radius 3 is 1.96 bits per heavy atom. The van der Waals surface area contributed by atoms with Gasteiger partial charge in [-0.25, -0.2) is 4.99 Å². The number of hydrogen-bond donors (Lipinski definition) is 2. The maximum Gasteiger partial charge on any atom is 0.191 e. The Kier molecular flexibility index (Phi) is 8.05. The van der Waals surface area contributed by atoms with Crippen LogP contribution >= 0.6 is 0 Å². The summed E-state index contributed by atoms with van der Waals surface area (Å²) in [6, 6.07) is 8.90. The average Bonchev–Trinajstić information content (AvgIpc) is 2.62. The van der Waals surface area contributed by atoms with Crippen LogP contribution in [0.15, 0.2) is 29.3 Å². The zero-order valence-corrected chi connectivity index (χ0v) is 15.5. The fourth-order valence-electron chi connectivity index (χ4n) is 2.95. The first-order valence-electron chi connectivity index (χ1n) is 9.29. The van der Waals surface area contributed by atoms with Gasteiger partial charge in [-0.05, 0) is 31.5 Å². The van der Waals surface area contributed by atoms with Crippen LogP contribution in [0.5, 0.6) is 0 Å². The van der Waals surface area contributed by atoms with E-state index in [9.17, 15) is 0 Å². The lowest BCUT2D eigenvalue weighted by atomic mass is 10.1. The summed E-state index contributed by atoms with van der Waals surface area (Å²) in [5.74, 6) is 0.887. The highest BCUT2D eigenvalue weighted by molar-refractivity contribution is 5.79. The average molecular weight is 332 g/mol. The second kappa shape index (κ2) is 10.3. The second-order valence-electron chi connectivity index (χ2n) is 6.25. The van der Waals surface area contributed by atoms with Gasteiger partial charge in [0.05, 0.1) is 6.54 Å². The zero-order valence-electron chi connectivity index (χ0n) is 15.5. The van der Waals surface area contributed by atoms with Crippen molar-refractivity contribution >= 4 is 5.96 Å². The Bertz CT molecular complexity index is 481. The largest absolute Gasteiger partial charge is 0.357 e. The van der Waals surface area contributed by atoms with Crippen molar-refractivity contribution < 1.29 is 0 Å². The van der Waals surface area contributed by atoms with Crippen LogP contribution in [0.3, 0.4) is 0 Å². The van der Waals surface area contributed by atoms with Gasteiger partial charge in [0.15, 0.2) is 5.96 Å². The molecule has 0 amide bonds. The minimum absolute atomic E-state index is 0.713. The van der Waals surface area contributed by atoms with E-state index in [1.165, 1.54) is 43.9 Å². The first kappa shape index (κ1) is 18.7. The summed E-state index contributed by atoms with van der Waals surface area (Å²) < 4.78 is 0. The molecule has 1 saturated heterocycles. The van der Waals surface area contributed by atoms with Crippen molar-refractivity contribution in [2.45, 2.75) is 33.9 Å². The van der Waals surface area contributed by atoms with E-state index in [1.54, 1.807) is 0 Å². The molecule has 1 aliphatic rings. The molecule has 0 unspecified atom stereocenters. The fourth-order valence-corrected chi connectivity index (χ4v) is 2.95. The van der Waals surface area contributed by atoms with Gasteiger partial charge in [0.25, 0.3) is 0 Å². The first-order chi connectivity index (χ1) is 11.7. The number of nitrogens with one attached hydrogen (secondary N) is 2. The van der Waals surface area contributed by atoms with Crippen LogP contribution < -0.4 is 10.6 Å². The molecule has 1 aliphatic heterocycles. The lowest BCUT2D eigenvalue weighted by Crippen LogP contribution is -2.45. The van der Waals surface area contributed by atoms with E-state index >= 15 is 0 Å². The summed E-state index contributed by atoms with van der Waals surface area (Å²) in [6.07, 6.45) is 0. The van der Waals surface area contributed by atoms with Crippen LogP contribution in [0, 0.1) is 0 Å². The molecule has 134 valence electrons. The normalized spacial score (nSPS) is 16.0. The summed E-state index contributed by atoms with van der Waals surface area (Å²) in [7, 11) is 0. The third kappa shape index (κ3) is 6.13. The van der Waals surface area contributed by atoms with E-state index in [0.29, 0.717) is 6.54 Å². The number of aliphatic imine (C=N–C) groups is 1. The highest BCUT2D eigenvalue weighted by Crippen LogP contribution is 2.10. The van der Waals surface area contributed by atoms with Crippen molar-refractivity contribution in [3.05, 3.63) is 35.4 Å². The molecule has 5 heteroatoms. The number of benzene rings is 1. The highest BCUT2D eigenvalue weighted by Gasteiger charge is 2.15. The van der Waals surface area contributed by atoms with Crippen LogP contribution in [0.4, 0.5) is 0 Å². The Balaban J connectivity index is 1.83. The highest BCUT2D eigenvalue weighted by atomic mass is 15.3. The molecule has 0 spiro atoms. The van der Waals surface area contributed by atoms with Crippen molar-refractivity contribution in [2.75, 3.05) is 45.8 Å². The SMILES string of the molecule is CCNC(=NCc1ccc(CN2CCN(CC)CC2)cc1)NCC. The number of piperazine rings is 1. The number of rotatable bonds is 7.